The minimum atomic E-state index is -0.561. The van der Waals surface area contributed by atoms with Gasteiger partial charge in [0.15, 0.2) is 5.75 Å². The predicted molar refractivity (Wildman–Crippen MR) is 82.3 cm³/mol. The van der Waals surface area contributed by atoms with Gasteiger partial charge >= 0.3 is 5.69 Å². The van der Waals surface area contributed by atoms with Gasteiger partial charge in [0.2, 0.25) is 5.91 Å². The van der Waals surface area contributed by atoms with Crippen LogP contribution < -0.4 is 15.4 Å². The Bertz CT molecular complexity index is 547. The second-order valence-corrected chi connectivity index (χ2v) is 5.51. The molecule has 1 saturated heterocycles. The molecule has 1 heterocycles. The van der Waals surface area contributed by atoms with Gasteiger partial charge in [0.1, 0.15) is 0 Å². The number of ether oxygens (including phenoxy) is 1. The first-order valence-corrected chi connectivity index (χ1v) is 7.51. The number of nitro groups is 1. The van der Waals surface area contributed by atoms with Gasteiger partial charge in [-0.2, -0.15) is 0 Å². The van der Waals surface area contributed by atoms with Crippen LogP contribution >= 0.6 is 11.6 Å². The second kappa shape index (κ2) is 7.95. The van der Waals surface area contributed by atoms with E-state index in [1.165, 1.54) is 18.2 Å². The molecule has 2 rings (SSSR count). The molecule has 7 nitrogen and oxygen atoms in total. The van der Waals surface area contributed by atoms with Crippen molar-refractivity contribution in [2.75, 3.05) is 19.7 Å². The number of nitrogens with one attached hydrogen (secondary N) is 2. The van der Waals surface area contributed by atoms with Gasteiger partial charge in [-0.15, -0.1) is 0 Å². The Morgan fingerprint density at radius 3 is 3.05 bits per heavy atom. The first-order valence-electron chi connectivity index (χ1n) is 7.13. The van der Waals surface area contributed by atoms with Crippen LogP contribution in [0.5, 0.6) is 5.75 Å². The van der Waals surface area contributed by atoms with E-state index < -0.39 is 4.92 Å². The summed E-state index contributed by atoms with van der Waals surface area (Å²) < 4.78 is 5.34. The molecule has 8 heteroatoms. The Morgan fingerprint density at radius 1 is 1.55 bits per heavy atom. The first-order chi connectivity index (χ1) is 10.6. The SMILES string of the molecule is O=C(CCOc1ccc(Cl)cc1[N+](=O)[O-])NC1CCCNC1. The lowest BCUT2D eigenvalue weighted by molar-refractivity contribution is -0.385. The number of hydrogen-bond acceptors (Lipinski definition) is 5. The quantitative estimate of drug-likeness (QED) is 0.614. The maximum absolute atomic E-state index is 11.8. The van der Waals surface area contributed by atoms with E-state index in [0.717, 1.165) is 25.9 Å². The molecule has 1 aromatic rings. The highest BCUT2D eigenvalue weighted by molar-refractivity contribution is 6.30. The van der Waals surface area contributed by atoms with Crippen LogP contribution in [0.25, 0.3) is 0 Å². The van der Waals surface area contributed by atoms with E-state index in [2.05, 4.69) is 10.6 Å². The molecule has 0 spiro atoms. The van der Waals surface area contributed by atoms with Crippen molar-refractivity contribution in [3.8, 4) is 5.75 Å². The predicted octanol–water partition coefficient (Wildman–Crippen LogP) is 1.89. The van der Waals surface area contributed by atoms with Gasteiger partial charge < -0.3 is 15.4 Å². The lowest BCUT2D eigenvalue weighted by Gasteiger charge is -2.23. The Balaban J connectivity index is 1.80. The number of hydrogen-bond donors (Lipinski definition) is 2. The summed E-state index contributed by atoms with van der Waals surface area (Å²) in [6, 6.07) is 4.32. The van der Waals surface area contributed by atoms with Crippen LogP contribution in [0.2, 0.25) is 5.02 Å². The Labute approximate surface area is 133 Å². The van der Waals surface area contributed by atoms with E-state index >= 15 is 0 Å². The van der Waals surface area contributed by atoms with E-state index in [-0.39, 0.29) is 41.4 Å². The average molecular weight is 328 g/mol. The highest BCUT2D eigenvalue weighted by atomic mass is 35.5. The van der Waals surface area contributed by atoms with Crippen molar-refractivity contribution in [2.24, 2.45) is 0 Å². The molecule has 120 valence electrons. The molecule has 0 radical (unpaired) electrons. The topological polar surface area (TPSA) is 93.5 Å². The summed E-state index contributed by atoms with van der Waals surface area (Å²) in [6.07, 6.45) is 2.15. The molecule has 0 bridgehead atoms. The zero-order chi connectivity index (χ0) is 15.9. The zero-order valence-corrected chi connectivity index (χ0v) is 12.8. The summed E-state index contributed by atoms with van der Waals surface area (Å²) in [5, 5.41) is 17.3. The van der Waals surface area contributed by atoms with Gasteiger partial charge in [-0.1, -0.05) is 11.6 Å². The molecule has 0 aliphatic carbocycles. The third-order valence-electron chi connectivity index (χ3n) is 3.37. The van der Waals surface area contributed by atoms with E-state index in [1.54, 1.807) is 0 Å². The number of nitrogens with zero attached hydrogens (tertiary/aromatic N) is 1. The van der Waals surface area contributed by atoms with Gasteiger partial charge in [-0.3, -0.25) is 14.9 Å². The van der Waals surface area contributed by atoms with Crippen LogP contribution in [0.4, 0.5) is 5.69 Å². The summed E-state index contributed by atoms with van der Waals surface area (Å²) in [5.74, 6) is -0.00755. The van der Waals surface area contributed by atoms with Gasteiger partial charge in [-0.25, -0.2) is 0 Å². The minimum absolute atomic E-state index is 0.0778. The van der Waals surface area contributed by atoms with Crippen LogP contribution in [0, 0.1) is 10.1 Å². The number of piperidine rings is 1. The second-order valence-electron chi connectivity index (χ2n) is 5.08. The van der Waals surface area contributed by atoms with Crippen molar-refractivity contribution in [1.82, 2.24) is 10.6 Å². The maximum atomic E-state index is 11.8. The summed E-state index contributed by atoms with van der Waals surface area (Å²) >= 11 is 5.72. The number of nitro benzene ring substituents is 1. The Kier molecular flexibility index (Phi) is 5.97. The molecule has 0 aromatic heterocycles. The minimum Gasteiger partial charge on any atom is -0.486 e. The van der Waals surface area contributed by atoms with Crippen molar-refractivity contribution >= 4 is 23.2 Å². The van der Waals surface area contributed by atoms with E-state index in [9.17, 15) is 14.9 Å². The van der Waals surface area contributed by atoms with Crippen LogP contribution in [0.15, 0.2) is 18.2 Å². The number of halogens is 1. The van der Waals surface area contributed by atoms with Gasteiger partial charge in [0.05, 0.1) is 18.0 Å². The van der Waals surface area contributed by atoms with Gasteiger partial charge in [0, 0.05) is 23.7 Å². The number of rotatable bonds is 6. The highest BCUT2D eigenvalue weighted by Gasteiger charge is 2.17. The van der Waals surface area contributed by atoms with E-state index in [4.69, 9.17) is 16.3 Å². The van der Waals surface area contributed by atoms with Crippen LogP contribution in [-0.2, 0) is 4.79 Å². The van der Waals surface area contributed by atoms with E-state index in [1.807, 2.05) is 0 Å². The Hall–Kier alpha value is -1.86. The van der Waals surface area contributed by atoms with Crippen molar-refractivity contribution < 1.29 is 14.5 Å². The normalized spacial score (nSPS) is 17.8. The van der Waals surface area contributed by atoms with Gasteiger partial charge in [-0.05, 0) is 31.5 Å². The fourth-order valence-electron chi connectivity index (χ4n) is 2.28. The fraction of sp³-hybridized carbons (Fsp3) is 0.500. The monoisotopic (exact) mass is 327 g/mol. The highest BCUT2D eigenvalue weighted by Crippen LogP contribution is 2.29. The first kappa shape index (κ1) is 16.5. The van der Waals surface area contributed by atoms with Crippen molar-refractivity contribution in [3.63, 3.8) is 0 Å². The molecule has 1 aromatic carbocycles. The number of carbonyl (C=O) groups is 1. The largest absolute Gasteiger partial charge is 0.486 e. The summed E-state index contributed by atoms with van der Waals surface area (Å²) in [5.41, 5.74) is -0.204. The molecule has 1 atom stereocenters. The van der Waals surface area contributed by atoms with Crippen molar-refractivity contribution in [3.05, 3.63) is 33.3 Å². The molecular weight excluding hydrogens is 310 g/mol. The molecule has 1 aliphatic heterocycles. The third-order valence-corrected chi connectivity index (χ3v) is 3.60. The summed E-state index contributed by atoms with van der Waals surface area (Å²) in [4.78, 5) is 22.2. The van der Waals surface area contributed by atoms with Gasteiger partial charge in [0.25, 0.3) is 0 Å². The number of amides is 1. The smallest absolute Gasteiger partial charge is 0.312 e. The Morgan fingerprint density at radius 2 is 2.36 bits per heavy atom. The standard InChI is InChI=1S/C14H18ClN3O4/c15-10-3-4-13(12(8-10)18(20)21)22-7-5-14(19)17-11-2-1-6-16-9-11/h3-4,8,11,16H,1-2,5-7,9H2,(H,17,19). The lowest BCUT2D eigenvalue weighted by atomic mass is 10.1. The lowest BCUT2D eigenvalue weighted by Crippen LogP contribution is -2.45. The summed E-state index contributed by atoms with van der Waals surface area (Å²) in [6.45, 7) is 1.83. The molecule has 1 amide bonds. The third kappa shape index (κ3) is 4.85. The molecule has 2 N–H and O–H groups in total. The fourth-order valence-corrected chi connectivity index (χ4v) is 2.45. The molecule has 1 fully saturated rings. The molecule has 1 aliphatic rings. The molecule has 22 heavy (non-hydrogen) atoms. The van der Waals surface area contributed by atoms with Crippen LogP contribution in [0.3, 0.4) is 0 Å². The molecule has 1 unspecified atom stereocenters. The average Bonchev–Trinajstić information content (AvgIpc) is 2.49. The molecular formula is C14H18ClN3O4. The van der Waals surface area contributed by atoms with Crippen LogP contribution in [-0.4, -0.2) is 36.6 Å². The van der Waals surface area contributed by atoms with E-state index in [0.29, 0.717) is 0 Å². The number of carbonyl (C=O) groups excluding carboxylic acids is 1. The number of benzene rings is 1. The summed E-state index contributed by atoms with van der Waals surface area (Å²) in [7, 11) is 0. The molecule has 0 saturated carbocycles. The van der Waals surface area contributed by atoms with Crippen molar-refractivity contribution in [2.45, 2.75) is 25.3 Å². The maximum Gasteiger partial charge on any atom is 0.312 e. The van der Waals surface area contributed by atoms with Crippen molar-refractivity contribution in [1.29, 1.82) is 0 Å². The van der Waals surface area contributed by atoms with Crippen LogP contribution in [0.1, 0.15) is 19.3 Å². The zero-order valence-electron chi connectivity index (χ0n) is 12.0.